The van der Waals surface area contributed by atoms with Crippen molar-refractivity contribution < 1.29 is 9.50 Å². The normalized spacial score (nSPS) is 14.2. The molecular formula is C24H27FN10OS. The van der Waals surface area contributed by atoms with E-state index in [0.29, 0.717) is 55.5 Å². The van der Waals surface area contributed by atoms with E-state index in [2.05, 4.69) is 45.1 Å². The monoisotopic (exact) mass is 522 g/mol. The highest BCUT2D eigenvalue weighted by molar-refractivity contribution is 7.99. The lowest BCUT2D eigenvalue weighted by Crippen LogP contribution is -2.47. The first kappa shape index (κ1) is 24.8. The summed E-state index contributed by atoms with van der Waals surface area (Å²) in [5.74, 6) is 1.38. The summed E-state index contributed by atoms with van der Waals surface area (Å²) in [4.78, 5) is 27.6. The molecule has 3 aromatic heterocycles. The van der Waals surface area contributed by atoms with E-state index in [1.807, 2.05) is 0 Å². The molecule has 192 valence electrons. The molecule has 1 saturated heterocycles. The van der Waals surface area contributed by atoms with Crippen molar-refractivity contribution in [2.24, 2.45) is 0 Å². The highest BCUT2D eigenvalue weighted by Crippen LogP contribution is 2.29. The van der Waals surface area contributed by atoms with E-state index in [-0.39, 0.29) is 5.82 Å². The van der Waals surface area contributed by atoms with Gasteiger partial charge in [0.05, 0.1) is 24.0 Å². The van der Waals surface area contributed by atoms with Gasteiger partial charge in [-0.25, -0.2) is 24.3 Å². The van der Waals surface area contributed by atoms with Gasteiger partial charge in [-0.1, -0.05) is 23.9 Å². The van der Waals surface area contributed by atoms with Crippen molar-refractivity contribution in [1.29, 1.82) is 0 Å². The van der Waals surface area contributed by atoms with Crippen molar-refractivity contribution in [3.05, 3.63) is 61.2 Å². The zero-order chi connectivity index (χ0) is 25.8. The minimum absolute atomic E-state index is 0.259. The Hall–Kier alpha value is -3.84. The topological polar surface area (TPSA) is 121 Å². The molecule has 4 aromatic rings. The summed E-state index contributed by atoms with van der Waals surface area (Å²) in [5, 5.41) is 17.4. The molecule has 0 bridgehead atoms. The largest absolute Gasteiger partial charge is 0.389 e. The second kappa shape index (κ2) is 10.6. The Morgan fingerprint density at radius 1 is 0.973 bits per heavy atom. The molecule has 37 heavy (non-hydrogen) atoms. The van der Waals surface area contributed by atoms with Gasteiger partial charge in [0.25, 0.3) is 0 Å². The summed E-state index contributed by atoms with van der Waals surface area (Å²) in [6.45, 7) is 6.64. The van der Waals surface area contributed by atoms with Crippen molar-refractivity contribution >= 4 is 35.3 Å². The first-order valence-corrected chi connectivity index (χ1v) is 12.6. The van der Waals surface area contributed by atoms with Crippen molar-refractivity contribution in [2.45, 2.75) is 35.8 Å². The predicted molar refractivity (Wildman–Crippen MR) is 139 cm³/mol. The Bertz CT molecular complexity index is 1340. The van der Waals surface area contributed by atoms with E-state index < -0.39 is 5.60 Å². The van der Waals surface area contributed by atoms with Gasteiger partial charge in [0.1, 0.15) is 12.1 Å². The van der Waals surface area contributed by atoms with Gasteiger partial charge in [0.2, 0.25) is 17.8 Å². The average molecular weight is 523 g/mol. The Kier molecular flexibility index (Phi) is 7.15. The molecule has 1 aliphatic rings. The summed E-state index contributed by atoms with van der Waals surface area (Å²) >= 11 is 1.30. The van der Waals surface area contributed by atoms with Gasteiger partial charge in [-0.2, -0.15) is 10.1 Å². The Labute approximate surface area is 217 Å². The summed E-state index contributed by atoms with van der Waals surface area (Å²) in [6.07, 6.45) is 8.38. The Balaban J connectivity index is 1.16. The van der Waals surface area contributed by atoms with Crippen LogP contribution in [0.3, 0.4) is 0 Å². The van der Waals surface area contributed by atoms with E-state index in [0.717, 1.165) is 10.6 Å². The highest BCUT2D eigenvalue weighted by Gasteiger charge is 2.21. The van der Waals surface area contributed by atoms with Crippen LogP contribution in [0, 0.1) is 5.82 Å². The third-order valence-electron chi connectivity index (χ3n) is 5.52. The SMILES string of the molecule is CC(C)(O)Cn1cc(Nc2ncnc(N3CCN(c4ncc(Sc5ccccc5F)cn4)CC3)n2)cn1. The number of benzene rings is 1. The van der Waals surface area contributed by atoms with E-state index in [1.54, 1.807) is 61.5 Å². The second-order valence-electron chi connectivity index (χ2n) is 9.20. The number of nitrogens with zero attached hydrogens (tertiary/aromatic N) is 9. The smallest absolute Gasteiger partial charge is 0.232 e. The van der Waals surface area contributed by atoms with Crippen LogP contribution in [0.15, 0.2) is 65.2 Å². The fourth-order valence-electron chi connectivity index (χ4n) is 3.83. The Morgan fingerprint density at radius 3 is 2.38 bits per heavy atom. The second-order valence-corrected chi connectivity index (χ2v) is 10.3. The van der Waals surface area contributed by atoms with Gasteiger partial charge in [0, 0.05) is 54.6 Å². The van der Waals surface area contributed by atoms with Crippen LogP contribution in [0.4, 0.5) is 27.9 Å². The number of anilines is 4. The number of rotatable bonds is 8. The molecule has 1 aromatic carbocycles. The zero-order valence-electron chi connectivity index (χ0n) is 20.5. The van der Waals surface area contributed by atoms with Crippen molar-refractivity contribution in [1.82, 2.24) is 34.7 Å². The van der Waals surface area contributed by atoms with Gasteiger partial charge in [0.15, 0.2) is 0 Å². The molecule has 5 rings (SSSR count). The van der Waals surface area contributed by atoms with Crippen LogP contribution in [-0.2, 0) is 6.54 Å². The predicted octanol–water partition coefficient (Wildman–Crippen LogP) is 2.99. The molecule has 13 heteroatoms. The van der Waals surface area contributed by atoms with Crippen LogP contribution >= 0.6 is 11.8 Å². The number of halogens is 1. The van der Waals surface area contributed by atoms with Crippen molar-refractivity contribution in [2.75, 3.05) is 41.3 Å². The highest BCUT2D eigenvalue weighted by atomic mass is 32.2. The molecule has 0 unspecified atom stereocenters. The first-order chi connectivity index (χ1) is 17.8. The Morgan fingerprint density at radius 2 is 1.68 bits per heavy atom. The third-order valence-corrected chi connectivity index (χ3v) is 6.52. The molecule has 0 amide bonds. The van der Waals surface area contributed by atoms with Crippen LogP contribution in [0.1, 0.15) is 13.8 Å². The maximum Gasteiger partial charge on any atom is 0.232 e. The molecule has 1 fully saturated rings. The van der Waals surface area contributed by atoms with E-state index in [4.69, 9.17) is 0 Å². The number of nitrogens with one attached hydrogen (secondary N) is 1. The first-order valence-electron chi connectivity index (χ1n) is 11.8. The van der Waals surface area contributed by atoms with Crippen LogP contribution < -0.4 is 15.1 Å². The lowest BCUT2D eigenvalue weighted by Gasteiger charge is -2.34. The molecule has 2 N–H and O–H groups in total. The summed E-state index contributed by atoms with van der Waals surface area (Å²) in [7, 11) is 0. The van der Waals surface area contributed by atoms with Crippen LogP contribution in [0.5, 0.6) is 0 Å². The van der Waals surface area contributed by atoms with Crippen molar-refractivity contribution in [3.8, 4) is 0 Å². The average Bonchev–Trinajstić information content (AvgIpc) is 3.31. The molecule has 11 nitrogen and oxygen atoms in total. The van der Waals surface area contributed by atoms with Crippen LogP contribution in [-0.4, -0.2) is 71.6 Å². The molecule has 0 aliphatic carbocycles. The minimum atomic E-state index is -0.862. The maximum absolute atomic E-state index is 13.9. The number of aliphatic hydroxyl groups is 1. The quantitative estimate of drug-likeness (QED) is 0.355. The van der Waals surface area contributed by atoms with E-state index in [1.165, 1.54) is 24.2 Å². The molecule has 0 saturated carbocycles. The lowest BCUT2D eigenvalue weighted by molar-refractivity contribution is 0.0578. The summed E-state index contributed by atoms with van der Waals surface area (Å²) < 4.78 is 15.6. The third kappa shape index (κ3) is 6.49. The number of piperazine rings is 1. The van der Waals surface area contributed by atoms with Gasteiger partial charge < -0.3 is 20.2 Å². The van der Waals surface area contributed by atoms with Gasteiger partial charge >= 0.3 is 0 Å². The van der Waals surface area contributed by atoms with E-state index in [9.17, 15) is 9.50 Å². The summed E-state index contributed by atoms with van der Waals surface area (Å²) in [6, 6.07) is 6.65. The standard InChI is InChI=1S/C24H27FN10OS/c1-24(2,36)15-35-14-17(11-30-35)31-21-28-16-29-23(32-21)34-9-7-33(8-10-34)22-26-12-18(13-27-22)37-20-6-4-3-5-19(20)25/h3-6,11-14,16,36H,7-10,15H2,1-2H3,(H,28,29,31,32). The lowest BCUT2D eigenvalue weighted by atomic mass is 10.1. The van der Waals surface area contributed by atoms with Crippen LogP contribution in [0.25, 0.3) is 0 Å². The fourth-order valence-corrected chi connectivity index (χ4v) is 4.60. The molecule has 0 atom stereocenters. The van der Waals surface area contributed by atoms with Crippen LogP contribution in [0.2, 0.25) is 0 Å². The number of hydrogen-bond donors (Lipinski definition) is 2. The molecule has 1 aliphatic heterocycles. The molecule has 0 spiro atoms. The van der Waals surface area contributed by atoms with Gasteiger partial charge in [-0.05, 0) is 26.0 Å². The fraction of sp³-hybridized carbons (Fsp3) is 0.333. The number of aromatic nitrogens is 7. The maximum atomic E-state index is 13.9. The van der Waals surface area contributed by atoms with E-state index >= 15 is 0 Å². The summed E-state index contributed by atoms with van der Waals surface area (Å²) in [5.41, 5.74) is -0.140. The number of hydrogen-bond acceptors (Lipinski definition) is 11. The molecule has 4 heterocycles. The van der Waals surface area contributed by atoms with Gasteiger partial charge in [-0.15, -0.1) is 0 Å². The van der Waals surface area contributed by atoms with Crippen molar-refractivity contribution in [3.63, 3.8) is 0 Å². The van der Waals surface area contributed by atoms with Gasteiger partial charge in [-0.3, -0.25) is 4.68 Å². The minimum Gasteiger partial charge on any atom is -0.389 e. The zero-order valence-corrected chi connectivity index (χ0v) is 21.3. The molecule has 0 radical (unpaired) electrons. The molecular weight excluding hydrogens is 495 g/mol.